The third kappa shape index (κ3) is 68.2. The summed E-state index contributed by atoms with van der Waals surface area (Å²) >= 11 is 0. The largest absolute Gasteiger partial charge is 0.462 e. The van der Waals surface area contributed by atoms with Crippen LogP contribution in [0.1, 0.15) is 316 Å². The molecular weight excluding hydrogens is 1020 g/mol. The molecule has 6 nitrogen and oxygen atoms in total. The van der Waals surface area contributed by atoms with Crippen molar-refractivity contribution < 1.29 is 28.6 Å². The molecule has 83 heavy (non-hydrogen) atoms. The lowest BCUT2D eigenvalue weighted by atomic mass is 10.0. The number of esters is 3. The van der Waals surface area contributed by atoms with Gasteiger partial charge in [0.1, 0.15) is 13.2 Å². The minimum Gasteiger partial charge on any atom is -0.462 e. The van der Waals surface area contributed by atoms with Crippen LogP contribution >= 0.6 is 0 Å². The number of hydrogen-bond donors (Lipinski definition) is 0. The van der Waals surface area contributed by atoms with Crippen LogP contribution in [0.5, 0.6) is 0 Å². The molecule has 0 aliphatic heterocycles. The lowest BCUT2D eigenvalue weighted by Gasteiger charge is -2.18. The molecule has 0 aromatic heterocycles. The normalized spacial score (nSPS) is 13.0. The van der Waals surface area contributed by atoms with Crippen LogP contribution in [0.3, 0.4) is 0 Å². The lowest BCUT2D eigenvalue weighted by molar-refractivity contribution is -0.167. The Hall–Kier alpha value is -4.45. The van der Waals surface area contributed by atoms with Crippen LogP contribution < -0.4 is 0 Å². The van der Waals surface area contributed by atoms with Gasteiger partial charge in [-0.05, 0) is 116 Å². The number of rotatable bonds is 62. The molecule has 0 spiro atoms. The topological polar surface area (TPSA) is 78.9 Å². The predicted molar refractivity (Wildman–Crippen MR) is 362 cm³/mol. The standard InChI is InChI=1S/C77H128O6/c1-4-7-10-13-16-19-21-23-25-27-29-31-33-34-35-36-37-38-39-40-41-42-44-45-47-49-51-53-55-58-61-64-67-70-76(79)82-73-74(72-81-75(78)69-66-63-60-57-18-15-12-9-6-3)83-77(80)71-68-65-62-59-56-54-52-50-48-46-43-32-30-28-26-24-22-20-17-14-11-8-5-2/h7-8,10-11,16-17,19-20,23-26,29-32,34-35,37-38,40-41,74H,4-6,9,12-15,18,21-22,27-28,33,36,39,42-73H2,1-3H3/b10-7-,11-8-,19-16-,20-17-,25-23-,26-24-,31-29-,32-30-,35-34-,38-37-,41-40-. The number of hydrogen-bond acceptors (Lipinski definition) is 6. The van der Waals surface area contributed by atoms with Crippen molar-refractivity contribution in [2.45, 2.75) is 322 Å². The molecule has 0 aliphatic carbocycles. The van der Waals surface area contributed by atoms with E-state index in [9.17, 15) is 14.4 Å². The minimum atomic E-state index is -0.783. The maximum Gasteiger partial charge on any atom is 0.306 e. The van der Waals surface area contributed by atoms with E-state index in [-0.39, 0.29) is 31.1 Å². The highest BCUT2D eigenvalue weighted by Crippen LogP contribution is 2.16. The van der Waals surface area contributed by atoms with Gasteiger partial charge in [0.05, 0.1) is 0 Å². The first-order chi connectivity index (χ1) is 41.0. The maximum absolute atomic E-state index is 12.9. The molecule has 0 N–H and O–H groups in total. The third-order valence-electron chi connectivity index (χ3n) is 14.7. The second-order valence-corrected chi connectivity index (χ2v) is 22.7. The fourth-order valence-electron chi connectivity index (χ4n) is 9.53. The third-order valence-corrected chi connectivity index (χ3v) is 14.7. The second kappa shape index (κ2) is 70.0. The molecule has 0 aromatic rings. The molecule has 0 radical (unpaired) electrons. The summed E-state index contributed by atoms with van der Waals surface area (Å²) < 4.78 is 16.9. The van der Waals surface area contributed by atoms with Gasteiger partial charge in [-0.1, -0.05) is 315 Å². The molecular formula is C77H128O6. The number of carbonyl (C=O) groups excluding carboxylic acids is 3. The molecule has 0 heterocycles. The Morgan fingerprint density at radius 1 is 0.253 bits per heavy atom. The van der Waals surface area contributed by atoms with Crippen LogP contribution in [0.15, 0.2) is 134 Å². The van der Waals surface area contributed by atoms with E-state index in [0.29, 0.717) is 19.3 Å². The molecule has 0 rings (SSSR count). The van der Waals surface area contributed by atoms with Crippen molar-refractivity contribution in [1.82, 2.24) is 0 Å². The van der Waals surface area contributed by atoms with E-state index in [1.165, 1.54) is 148 Å². The second-order valence-electron chi connectivity index (χ2n) is 22.7. The highest BCUT2D eigenvalue weighted by Gasteiger charge is 2.19. The number of ether oxygens (including phenoxy) is 3. The van der Waals surface area contributed by atoms with Crippen LogP contribution in [-0.2, 0) is 28.6 Å². The summed E-state index contributed by atoms with van der Waals surface area (Å²) in [5.74, 6) is -0.883. The Morgan fingerprint density at radius 2 is 0.470 bits per heavy atom. The fourth-order valence-corrected chi connectivity index (χ4v) is 9.53. The molecule has 1 atom stereocenters. The molecule has 0 saturated carbocycles. The van der Waals surface area contributed by atoms with E-state index in [4.69, 9.17) is 14.2 Å². The maximum atomic E-state index is 12.9. The minimum absolute atomic E-state index is 0.0800. The van der Waals surface area contributed by atoms with E-state index >= 15 is 0 Å². The summed E-state index contributed by atoms with van der Waals surface area (Å²) in [4.78, 5) is 38.3. The average molecular weight is 1150 g/mol. The average Bonchev–Trinajstić information content (AvgIpc) is 3.49. The molecule has 0 aliphatic rings. The summed E-state index contributed by atoms with van der Waals surface area (Å²) in [5.41, 5.74) is 0. The number of unbranched alkanes of at least 4 members (excludes halogenated alkanes) is 29. The van der Waals surface area contributed by atoms with Gasteiger partial charge in [-0.3, -0.25) is 14.4 Å². The van der Waals surface area contributed by atoms with Crippen LogP contribution in [0.25, 0.3) is 0 Å². The zero-order valence-corrected chi connectivity index (χ0v) is 54.2. The molecule has 0 saturated heterocycles. The lowest BCUT2D eigenvalue weighted by Crippen LogP contribution is -2.30. The first-order valence-corrected chi connectivity index (χ1v) is 34.7. The van der Waals surface area contributed by atoms with Crippen LogP contribution in [0.2, 0.25) is 0 Å². The molecule has 472 valence electrons. The monoisotopic (exact) mass is 1150 g/mol. The van der Waals surface area contributed by atoms with Gasteiger partial charge in [0.15, 0.2) is 6.10 Å². The van der Waals surface area contributed by atoms with Gasteiger partial charge < -0.3 is 14.2 Å². The molecule has 6 heteroatoms. The molecule has 1 unspecified atom stereocenters. The Kier molecular flexibility index (Phi) is 66.3. The van der Waals surface area contributed by atoms with Gasteiger partial charge in [0, 0.05) is 19.3 Å². The van der Waals surface area contributed by atoms with Crippen molar-refractivity contribution in [1.29, 1.82) is 0 Å². The molecule has 0 amide bonds. The van der Waals surface area contributed by atoms with E-state index in [1.807, 2.05) is 0 Å². The summed E-state index contributed by atoms with van der Waals surface area (Å²) in [6.45, 7) is 6.41. The van der Waals surface area contributed by atoms with Gasteiger partial charge in [-0.15, -0.1) is 0 Å². The van der Waals surface area contributed by atoms with Crippen molar-refractivity contribution in [3.05, 3.63) is 134 Å². The van der Waals surface area contributed by atoms with Gasteiger partial charge in [-0.2, -0.15) is 0 Å². The first-order valence-electron chi connectivity index (χ1n) is 34.7. The van der Waals surface area contributed by atoms with Crippen LogP contribution in [-0.4, -0.2) is 37.2 Å². The van der Waals surface area contributed by atoms with Crippen molar-refractivity contribution in [2.75, 3.05) is 13.2 Å². The predicted octanol–water partition coefficient (Wildman–Crippen LogP) is 24.1. The Labute approximate surface area is 513 Å². The van der Waals surface area contributed by atoms with Crippen molar-refractivity contribution >= 4 is 17.9 Å². The van der Waals surface area contributed by atoms with Gasteiger partial charge in [-0.25, -0.2) is 0 Å². The summed E-state index contributed by atoms with van der Waals surface area (Å²) in [6, 6.07) is 0. The number of allylic oxidation sites excluding steroid dienone is 22. The quantitative estimate of drug-likeness (QED) is 0.0261. The van der Waals surface area contributed by atoms with E-state index in [2.05, 4.69) is 154 Å². The highest BCUT2D eigenvalue weighted by molar-refractivity contribution is 5.71. The van der Waals surface area contributed by atoms with Gasteiger partial charge in [0.2, 0.25) is 0 Å². The SMILES string of the molecule is CC/C=C\C/C=C\C/C=C\C/C=C\C/C=C\C/C=C\C/C=C\CCCCCCCCCCCCCC(=O)OCC(COC(=O)CCCCCCCCCCC)OC(=O)CCCCCCCCCCCC/C=C\C/C=C\C/C=C\C/C=C\CC. The zero-order chi connectivity index (χ0) is 59.9. The fraction of sp³-hybridized carbons (Fsp3) is 0.675. The Bertz CT molecular complexity index is 1750. The van der Waals surface area contributed by atoms with Crippen molar-refractivity contribution in [3.8, 4) is 0 Å². The van der Waals surface area contributed by atoms with Crippen LogP contribution in [0.4, 0.5) is 0 Å². The molecule has 0 bridgehead atoms. The summed E-state index contributed by atoms with van der Waals surface area (Å²) in [7, 11) is 0. The first kappa shape index (κ1) is 78.5. The van der Waals surface area contributed by atoms with E-state index in [1.54, 1.807) is 0 Å². The Morgan fingerprint density at radius 3 is 0.735 bits per heavy atom. The van der Waals surface area contributed by atoms with Gasteiger partial charge in [0.25, 0.3) is 0 Å². The van der Waals surface area contributed by atoms with E-state index in [0.717, 1.165) is 128 Å². The summed E-state index contributed by atoms with van der Waals surface area (Å²) in [6.07, 6.45) is 99.1. The smallest absolute Gasteiger partial charge is 0.306 e. The summed E-state index contributed by atoms with van der Waals surface area (Å²) in [5, 5.41) is 0. The number of carbonyl (C=O) groups is 3. The van der Waals surface area contributed by atoms with Crippen molar-refractivity contribution in [2.24, 2.45) is 0 Å². The zero-order valence-electron chi connectivity index (χ0n) is 54.2. The van der Waals surface area contributed by atoms with Crippen LogP contribution in [0, 0.1) is 0 Å². The highest BCUT2D eigenvalue weighted by atomic mass is 16.6. The van der Waals surface area contributed by atoms with Crippen molar-refractivity contribution in [3.63, 3.8) is 0 Å². The molecule has 0 fully saturated rings. The molecule has 0 aromatic carbocycles. The van der Waals surface area contributed by atoms with E-state index < -0.39 is 6.10 Å². The Balaban J connectivity index is 4.18. The van der Waals surface area contributed by atoms with Gasteiger partial charge >= 0.3 is 17.9 Å².